The summed E-state index contributed by atoms with van der Waals surface area (Å²) in [4.78, 5) is 28.9. The van der Waals surface area contributed by atoms with Gasteiger partial charge in [-0.3, -0.25) is 13.9 Å². The maximum Gasteiger partial charge on any atom is 0.244 e. The van der Waals surface area contributed by atoms with Gasteiger partial charge in [0.2, 0.25) is 21.8 Å². The number of rotatable bonds is 10. The summed E-state index contributed by atoms with van der Waals surface area (Å²) in [6.45, 7) is 7.70. The zero-order valence-corrected chi connectivity index (χ0v) is 26.4. The van der Waals surface area contributed by atoms with Crippen LogP contribution in [-0.2, 0) is 31.6 Å². The van der Waals surface area contributed by atoms with Crippen molar-refractivity contribution in [1.29, 1.82) is 0 Å². The second-order valence-electron chi connectivity index (χ2n) is 11.6. The van der Waals surface area contributed by atoms with Gasteiger partial charge in [-0.2, -0.15) is 0 Å². The Hall–Kier alpha value is -2.29. The summed E-state index contributed by atoms with van der Waals surface area (Å²) < 4.78 is 26.9. The molecule has 7 nitrogen and oxygen atoms in total. The molecule has 0 aromatic heterocycles. The molecule has 0 aliphatic heterocycles. The number of nitrogens with one attached hydrogen (secondary N) is 1. The number of anilines is 1. The molecule has 0 bridgehead atoms. The standard InChI is InChI=1S/C30H41Cl2N3O4S/c1-6-27(29(37)33-23-10-8-7-9-11-23)34(19-21-12-17-25(31)26(32)18-21)28(36)20-35(40(5,38)39)24-15-13-22(14-16-24)30(2,3)4/h12-18,23,27H,6-11,19-20H2,1-5H3,(H,33,37)/t27-/m1/s1. The van der Waals surface area contributed by atoms with Gasteiger partial charge in [0.15, 0.2) is 0 Å². The van der Waals surface area contributed by atoms with Gasteiger partial charge in [0, 0.05) is 12.6 Å². The number of carbonyl (C=O) groups is 2. The molecule has 1 aliphatic carbocycles. The van der Waals surface area contributed by atoms with Gasteiger partial charge in [-0.25, -0.2) is 8.42 Å². The van der Waals surface area contributed by atoms with Crippen LogP contribution in [0.3, 0.4) is 0 Å². The Bertz CT molecular complexity index is 1290. The minimum absolute atomic E-state index is 0.0751. The topological polar surface area (TPSA) is 86.8 Å². The Morgan fingerprint density at radius 1 is 1.00 bits per heavy atom. The number of halogens is 2. The molecule has 1 fully saturated rings. The lowest BCUT2D eigenvalue weighted by molar-refractivity contribution is -0.140. The Morgan fingerprint density at radius 2 is 1.62 bits per heavy atom. The lowest BCUT2D eigenvalue weighted by atomic mass is 9.87. The highest BCUT2D eigenvalue weighted by Crippen LogP contribution is 2.27. The van der Waals surface area contributed by atoms with Gasteiger partial charge >= 0.3 is 0 Å². The van der Waals surface area contributed by atoms with Crippen LogP contribution in [0.1, 0.15) is 77.3 Å². The zero-order valence-electron chi connectivity index (χ0n) is 24.0. The summed E-state index contributed by atoms with van der Waals surface area (Å²) in [7, 11) is -3.81. The summed E-state index contributed by atoms with van der Waals surface area (Å²) >= 11 is 12.4. The van der Waals surface area contributed by atoms with Crippen LogP contribution in [0, 0.1) is 0 Å². The number of amides is 2. The third kappa shape index (κ3) is 8.60. The molecule has 0 spiro atoms. The van der Waals surface area contributed by atoms with Crippen LogP contribution < -0.4 is 9.62 Å². The Kier molecular flexibility index (Phi) is 10.9. The zero-order chi connectivity index (χ0) is 29.7. The molecule has 3 rings (SSSR count). The van der Waals surface area contributed by atoms with Gasteiger partial charge < -0.3 is 10.2 Å². The van der Waals surface area contributed by atoms with E-state index in [1.165, 1.54) is 4.90 Å². The predicted molar refractivity (Wildman–Crippen MR) is 163 cm³/mol. The van der Waals surface area contributed by atoms with Crippen molar-refractivity contribution >= 4 is 50.7 Å². The van der Waals surface area contributed by atoms with Crippen molar-refractivity contribution in [2.75, 3.05) is 17.1 Å². The van der Waals surface area contributed by atoms with Crippen molar-refractivity contribution in [3.05, 3.63) is 63.6 Å². The smallest absolute Gasteiger partial charge is 0.244 e. The van der Waals surface area contributed by atoms with Crippen molar-refractivity contribution in [3.8, 4) is 0 Å². The van der Waals surface area contributed by atoms with Crippen molar-refractivity contribution in [1.82, 2.24) is 10.2 Å². The van der Waals surface area contributed by atoms with Gasteiger partial charge in [-0.05, 0) is 60.1 Å². The van der Waals surface area contributed by atoms with Gasteiger partial charge in [-0.1, -0.05) is 88.4 Å². The van der Waals surface area contributed by atoms with E-state index in [4.69, 9.17) is 23.2 Å². The third-order valence-electron chi connectivity index (χ3n) is 7.37. The molecule has 0 heterocycles. The molecule has 1 atom stereocenters. The molecule has 0 saturated heterocycles. The van der Waals surface area contributed by atoms with E-state index in [0.717, 1.165) is 48.2 Å². The van der Waals surface area contributed by atoms with Gasteiger partial charge in [0.25, 0.3) is 0 Å². The molecule has 0 unspecified atom stereocenters. The number of carbonyl (C=O) groups excluding carboxylic acids is 2. The lowest BCUT2D eigenvalue weighted by Crippen LogP contribution is -2.53. The van der Waals surface area contributed by atoms with Crippen molar-refractivity contribution in [2.24, 2.45) is 0 Å². The van der Waals surface area contributed by atoms with Crippen LogP contribution in [-0.4, -0.2) is 50.0 Å². The van der Waals surface area contributed by atoms with Crippen molar-refractivity contribution in [2.45, 2.75) is 90.3 Å². The van der Waals surface area contributed by atoms with Gasteiger partial charge in [0.05, 0.1) is 22.0 Å². The van der Waals surface area contributed by atoms with Crippen LogP contribution in [0.25, 0.3) is 0 Å². The normalized spacial score (nSPS) is 15.4. The average Bonchev–Trinajstić information content (AvgIpc) is 2.88. The second-order valence-corrected chi connectivity index (χ2v) is 14.3. The van der Waals surface area contributed by atoms with E-state index in [9.17, 15) is 18.0 Å². The first kappa shape index (κ1) is 32.2. The maximum absolute atomic E-state index is 13.9. The molecule has 2 aromatic carbocycles. The highest BCUT2D eigenvalue weighted by Gasteiger charge is 2.33. The Balaban J connectivity index is 1.94. The highest BCUT2D eigenvalue weighted by molar-refractivity contribution is 7.92. The van der Waals surface area contributed by atoms with E-state index in [-0.39, 0.29) is 23.9 Å². The van der Waals surface area contributed by atoms with E-state index in [1.54, 1.807) is 30.3 Å². The molecular weight excluding hydrogens is 569 g/mol. The molecule has 40 heavy (non-hydrogen) atoms. The summed E-state index contributed by atoms with van der Waals surface area (Å²) in [6, 6.07) is 11.5. The summed E-state index contributed by atoms with van der Waals surface area (Å²) in [5, 5.41) is 3.85. The molecule has 1 saturated carbocycles. The third-order valence-corrected chi connectivity index (χ3v) is 9.25. The largest absolute Gasteiger partial charge is 0.352 e. The fourth-order valence-electron chi connectivity index (χ4n) is 5.04. The van der Waals surface area contributed by atoms with Crippen LogP contribution in [0.4, 0.5) is 5.69 Å². The SMILES string of the molecule is CC[C@H](C(=O)NC1CCCCC1)N(Cc1ccc(Cl)c(Cl)c1)C(=O)CN(c1ccc(C(C)(C)C)cc1)S(C)(=O)=O. The van der Waals surface area contributed by atoms with Crippen LogP contribution in [0.15, 0.2) is 42.5 Å². The summed E-state index contributed by atoms with van der Waals surface area (Å²) in [5.41, 5.74) is 2.01. The number of hydrogen-bond donors (Lipinski definition) is 1. The van der Waals surface area contributed by atoms with E-state index < -0.39 is 28.5 Å². The minimum atomic E-state index is -3.81. The molecule has 2 aromatic rings. The van der Waals surface area contributed by atoms with E-state index in [0.29, 0.717) is 27.7 Å². The molecule has 1 aliphatic rings. The monoisotopic (exact) mass is 609 g/mol. The summed E-state index contributed by atoms with van der Waals surface area (Å²) in [6.07, 6.45) is 6.54. The number of sulfonamides is 1. The number of nitrogens with zero attached hydrogens (tertiary/aromatic N) is 2. The van der Waals surface area contributed by atoms with Crippen LogP contribution in [0.5, 0.6) is 0 Å². The first-order valence-corrected chi connectivity index (χ1v) is 16.4. The molecule has 10 heteroatoms. The second kappa shape index (κ2) is 13.6. The van der Waals surface area contributed by atoms with E-state index in [2.05, 4.69) is 26.1 Å². The van der Waals surface area contributed by atoms with Crippen molar-refractivity contribution in [3.63, 3.8) is 0 Å². The highest BCUT2D eigenvalue weighted by atomic mass is 35.5. The molecule has 0 radical (unpaired) electrons. The number of hydrogen-bond acceptors (Lipinski definition) is 4. The number of benzene rings is 2. The molecule has 2 amide bonds. The first-order valence-electron chi connectivity index (χ1n) is 13.8. The van der Waals surface area contributed by atoms with Crippen LogP contribution in [0.2, 0.25) is 10.0 Å². The molecular formula is C30H41Cl2N3O4S. The molecule has 1 N–H and O–H groups in total. The van der Waals surface area contributed by atoms with E-state index >= 15 is 0 Å². The minimum Gasteiger partial charge on any atom is -0.352 e. The lowest BCUT2D eigenvalue weighted by Gasteiger charge is -2.34. The fraction of sp³-hybridized carbons (Fsp3) is 0.533. The van der Waals surface area contributed by atoms with Crippen LogP contribution >= 0.6 is 23.2 Å². The maximum atomic E-state index is 13.9. The van der Waals surface area contributed by atoms with Gasteiger partial charge in [-0.15, -0.1) is 0 Å². The predicted octanol–water partition coefficient (Wildman–Crippen LogP) is 6.31. The average molecular weight is 611 g/mol. The Morgan fingerprint density at radius 3 is 2.15 bits per heavy atom. The fourth-order valence-corrected chi connectivity index (χ4v) is 6.21. The Labute approximate surface area is 249 Å². The van der Waals surface area contributed by atoms with Gasteiger partial charge in [0.1, 0.15) is 12.6 Å². The quantitative estimate of drug-likeness (QED) is 0.342. The summed E-state index contributed by atoms with van der Waals surface area (Å²) in [5.74, 6) is -0.717. The molecule has 220 valence electrons. The first-order chi connectivity index (χ1) is 18.7. The van der Waals surface area contributed by atoms with E-state index in [1.807, 2.05) is 19.1 Å². The van der Waals surface area contributed by atoms with Crippen molar-refractivity contribution < 1.29 is 18.0 Å².